The quantitative estimate of drug-likeness (QED) is 0.612. The highest BCUT2D eigenvalue weighted by molar-refractivity contribution is 6.14. The van der Waals surface area contributed by atoms with E-state index in [2.05, 4.69) is 5.32 Å². The van der Waals surface area contributed by atoms with E-state index in [0.29, 0.717) is 66.1 Å². The molecule has 1 aromatic heterocycles. The van der Waals surface area contributed by atoms with Crippen molar-refractivity contribution in [1.82, 2.24) is 9.88 Å². The van der Waals surface area contributed by atoms with Crippen molar-refractivity contribution in [3.05, 3.63) is 53.5 Å². The Balaban J connectivity index is 1.63. The molecule has 32 heavy (non-hydrogen) atoms. The van der Waals surface area contributed by atoms with Gasteiger partial charge in [-0.25, -0.2) is 4.39 Å². The van der Waals surface area contributed by atoms with E-state index in [0.717, 1.165) is 5.56 Å². The highest BCUT2D eigenvalue weighted by Gasteiger charge is 2.31. The number of benzene rings is 2. The minimum absolute atomic E-state index is 0.0584. The number of carbonyl (C=O) groups is 2. The van der Waals surface area contributed by atoms with E-state index in [1.807, 2.05) is 18.2 Å². The first kappa shape index (κ1) is 21.7. The summed E-state index contributed by atoms with van der Waals surface area (Å²) in [5, 5.41) is 3.50. The summed E-state index contributed by atoms with van der Waals surface area (Å²) in [6.45, 7) is 0.862. The van der Waals surface area contributed by atoms with Gasteiger partial charge >= 0.3 is 0 Å². The smallest absolute Gasteiger partial charge is 0.270 e. The van der Waals surface area contributed by atoms with E-state index in [-0.39, 0.29) is 11.8 Å². The molecule has 7 nitrogen and oxygen atoms in total. The first-order valence-corrected chi connectivity index (χ1v) is 10.5. The van der Waals surface area contributed by atoms with Crippen LogP contribution in [0.1, 0.15) is 28.9 Å². The number of hydrogen-bond donors (Lipinski definition) is 1. The third-order valence-corrected chi connectivity index (χ3v) is 5.86. The van der Waals surface area contributed by atoms with Crippen LogP contribution >= 0.6 is 0 Å². The Morgan fingerprint density at radius 2 is 1.97 bits per heavy atom. The summed E-state index contributed by atoms with van der Waals surface area (Å²) in [7, 11) is 4.94. The first-order valence-electron chi connectivity index (χ1n) is 10.5. The van der Waals surface area contributed by atoms with Crippen LogP contribution in [0.3, 0.4) is 0 Å². The van der Waals surface area contributed by atoms with Gasteiger partial charge < -0.3 is 24.3 Å². The number of anilines is 1. The zero-order valence-corrected chi connectivity index (χ0v) is 18.4. The summed E-state index contributed by atoms with van der Waals surface area (Å²) < 4.78 is 26.4. The molecule has 0 atom stereocenters. The minimum Gasteiger partial charge on any atom is -0.497 e. The van der Waals surface area contributed by atoms with Gasteiger partial charge in [0.15, 0.2) is 0 Å². The number of rotatable bonds is 7. The van der Waals surface area contributed by atoms with E-state index in [1.54, 1.807) is 36.8 Å². The second-order valence-corrected chi connectivity index (χ2v) is 7.75. The molecule has 2 aromatic carbocycles. The van der Waals surface area contributed by atoms with Gasteiger partial charge in [0.1, 0.15) is 23.0 Å². The van der Waals surface area contributed by atoms with Crippen LogP contribution in [0.25, 0.3) is 10.9 Å². The normalized spacial score (nSPS) is 13.6. The fraction of sp³-hybridized carbons (Fsp3) is 0.333. The Hall–Kier alpha value is -3.55. The lowest BCUT2D eigenvalue weighted by atomic mass is 10.1. The van der Waals surface area contributed by atoms with Crippen LogP contribution < -0.4 is 19.7 Å². The summed E-state index contributed by atoms with van der Waals surface area (Å²) in [5.74, 6) is 0.631. The van der Waals surface area contributed by atoms with Gasteiger partial charge in [0.25, 0.3) is 5.91 Å². The monoisotopic (exact) mass is 439 g/mol. The van der Waals surface area contributed by atoms with Crippen molar-refractivity contribution in [2.75, 3.05) is 32.2 Å². The predicted octanol–water partition coefficient (Wildman–Crippen LogP) is 3.43. The number of amides is 2. The molecule has 1 saturated heterocycles. The summed E-state index contributed by atoms with van der Waals surface area (Å²) in [5.41, 5.74) is 2.42. The van der Waals surface area contributed by atoms with Crippen LogP contribution in [-0.4, -0.2) is 43.7 Å². The average molecular weight is 439 g/mol. The molecule has 2 heterocycles. The van der Waals surface area contributed by atoms with Gasteiger partial charge in [-0.1, -0.05) is 0 Å². The molecule has 0 aliphatic carbocycles. The summed E-state index contributed by atoms with van der Waals surface area (Å²) in [6, 6.07) is 9.88. The van der Waals surface area contributed by atoms with Crippen molar-refractivity contribution in [2.24, 2.45) is 7.05 Å². The molecule has 0 spiro atoms. The number of nitrogens with zero attached hydrogens (tertiary/aromatic N) is 2. The molecular weight excluding hydrogens is 413 g/mol. The molecule has 168 valence electrons. The Kier molecular flexibility index (Phi) is 6.03. The molecule has 4 rings (SSSR count). The number of nitrogens with one attached hydrogen (secondary N) is 1. The van der Waals surface area contributed by atoms with Gasteiger partial charge in [-0.3, -0.25) is 9.59 Å². The van der Waals surface area contributed by atoms with Crippen LogP contribution in [0.15, 0.2) is 36.4 Å². The molecule has 0 saturated carbocycles. The van der Waals surface area contributed by atoms with Crippen molar-refractivity contribution in [3.8, 4) is 11.5 Å². The van der Waals surface area contributed by atoms with Crippen LogP contribution in [0.4, 0.5) is 10.1 Å². The number of methoxy groups -OCH3 is 2. The maximum atomic E-state index is 14.0. The second-order valence-electron chi connectivity index (χ2n) is 7.75. The highest BCUT2D eigenvalue weighted by atomic mass is 19.1. The summed E-state index contributed by atoms with van der Waals surface area (Å²) in [4.78, 5) is 27.3. The predicted molar refractivity (Wildman–Crippen MR) is 120 cm³/mol. The van der Waals surface area contributed by atoms with E-state index < -0.39 is 5.82 Å². The molecule has 8 heteroatoms. The molecule has 1 fully saturated rings. The Labute approximate surface area is 185 Å². The van der Waals surface area contributed by atoms with Crippen molar-refractivity contribution in [1.29, 1.82) is 0 Å². The van der Waals surface area contributed by atoms with Gasteiger partial charge in [-0.15, -0.1) is 0 Å². The second kappa shape index (κ2) is 8.90. The topological polar surface area (TPSA) is 72.8 Å². The van der Waals surface area contributed by atoms with Crippen LogP contribution in [-0.2, 0) is 18.3 Å². The number of hydrogen-bond acceptors (Lipinski definition) is 4. The van der Waals surface area contributed by atoms with Gasteiger partial charge in [0.05, 0.1) is 25.4 Å². The van der Waals surface area contributed by atoms with Crippen LogP contribution in [0.5, 0.6) is 11.5 Å². The summed E-state index contributed by atoms with van der Waals surface area (Å²) >= 11 is 0. The zero-order valence-electron chi connectivity index (χ0n) is 18.4. The molecule has 0 bridgehead atoms. The maximum Gasteiger partial charge on any atom is 0.270 e. The first-order chi connectivity index (χ1) is 15.4. The van der Waals surface area contributed by atoms with E-state index in [4.69, 9.17) is 9.47 Å². The molecule has 0 radical (unpaired) electrons. The average Bonchev–Trinajstić information content (AvgIpc) is 3.33. The Bertz CT molecular complexity index is 1190. The van der Waals surface area contributed by atoms with Gasteiger partial charge in [0, 0.05) is 31.9 Å². The van der Waals surface area contributed by atoms with E-state index in [9.17, 15) is 14.0 Å². The SMILES string of the molecule is COc1ccc(OC)c(CCNC(=O)c2c(N3CCCC3=O)c3cc(F)ccc3n2C)c1. The highest BCUT2D eigenvalue weighted by Crippen LogP contribution is 2.36. The van der Waals surface area contributed by atoms with Gasteiger partial charge in [0.2, 0.25) is 5.91 Å². The van der Waals surface area contributed by atoms with Crippen molar-refractivity contribution in [3.63, 3.8) is 0 Å². The van der Waals surface area contributed by atoms with E-state index >= 15 is 0 Å². The lowest BCUT2D eigenvalue weighted by Crippen LogP contribution is -2.31. The third-order valence-electron chi connectivity index (χ3n) is 5.86. The number of fused-ring (bicyclic) bond motifs is 1. The number of ether oxygens (including phenoxy) is 2. The molecule has 1 aliphatic heterocycles. The van der Waals surface area contributed by atoms with Crippen molar-refractivity contribution < 1.29 is 23.5 Å². The lowest BCUT2D eigenvalue weighted by Gasteiger charge is -2.18. The number of aromatic nitrogens is 1. The van der Waals surface area contributed by atoms with Crippen molar-refractivity contribution in [2.45, 2.75) is 19.3 Å². The van der Waals surface area contributed by atoms with E-state index in [1.165, 1.54) is 12.1 Å². The molecule has 2 amide bonds. The molecular formula is C24H26FN3O4. The van der Waals surface area contributed by atoms with Gasteiger partial charge in [-0.2, -0.15) is 0 Å². The summed E-state index contributed by atoms with van der Waals surface area (Å²) in [6.07, 6.45) is 1.66. The Morgan fingerprint density at radius 1 is 1.16 bits per heavy atom. The fourth-order valence-electron chi connectivity index (χ4n) is 4.29. The molecule has 3 aromatic rings. The molecule has 1 N–H and O–H groups in total. The number of halogens is 1. The third kappa shape index (κ3) is 3.88. The lowest BCUT2D eigenvalue weighted by molar-refractivity contribution is -0.117. The Morgan fingerprint density at radius 3 is 2.66 bits per heavy atom. The molecule has 0 unspecified atom stereocenters. The largest absolute Gasteiger partial charge is 0.497 e. The van der Waals surface area contributed by atoms with Gasteiger partial charge in [-0.05, 0) is 54.8 Å². The minimum atomic E-state index is -0.409. The zero-order chi connectivity index (χ0) is 22.8. The van der Waals surface area contributed by atoms with Crippen molar-refractivity contribution >= 4 is 28.4 Å². The number of aryl methyl sites for hydroxylation is 1. The molecule has 1 aliphatic rings. The standard InChI is InChI=1S/C24H26FN3O4/c1-27-19-8-6-16(25)14-18(19)22(28-12-4-5-21(28)29)23(27)24(30)26-11-10-15-13-17(31-2)7-9-20(15)32-3/h6-9,13-14H,4-5,10-12H2,1-3H3,(H,26,30). The maximum absolute atomic E-state index is 14.0. The van der Waals surface area contributed by atoms with Crippen LogP contribution in [0.2, 0.25) is 0 Å². The fourth-order valence-corrected chi connectivity index (χ4v) is 4.29. The number of carbonyl (C=O) groups excluding carboxylic acids is 2. The van der Waals surface area contributed by atoms with Crippen LogP contribution in [0, 0.1) is 5.82 Å².